The first-order chi connectivity index (χ1) is 9.92. The number of hydrogen-bond donors (Lipinski definition) is 2. The fourth-order valence-corrected chi connectivity index (χ4v) is 3.07. The van der Waals surface area contributed by atoms with Crippen LogP contribution in [-0.2, 0) is 0 Å². The van der Waals surface area contributed by atoms with Crippen LogP contribution in [0.1, 0.15) is 25.7 Å². The maximum atomic E-state index is 10.7. The summed E-state index contributed by atoms with van der Waals surface area (Å²) in [6.07, 6.45) is 5.96. The lowest BCUT2D eigenvalue weighted by Gasteiger charge is -2.32. The highest BCUT2D eigenvalue weighted by Crippen LogP contribution is 2.38. The van der Waals surface area contributed by atoms with Gasteiger partial charge in [0.25, 0.3) is 0 Å². The van der Waals surface area contributed by atoms with Gasteiger partial charge in [0.2, 0.25) is 11.8 Å². The van der Waals surface area contributed by atoms with Crippen molar-refractivity contribution in [3.05, 3.63) is 16.3 Å². The monoisotopic (exact) mass is 294 g/mol. The first-order valence-electron chi connectivity index (χ1n) is 7.07. The molecule has 0 atom stereocenters. The van der Waals surface area contributed by atoms with Gasteiger partial charge in [0.1, 0.15) is 6.20 Å². The van der Waals surface area contributed by atoms with E-state index in [9.17, 15) is 10.1 Å². The van der Waals surface area contributed by atoms with E-state index in [2.05, 4.69) is 34.3 Å². The number of nitrogen functional groups attached to an aromatic ring is 1. The Morgan fingerprint density at radius 2 is 2.14 bits per heavy atom. The van der Waals surface area contributed by atoms with Crippen LogP contribution in [0, 0.1) is 15.5 Å². The molecule has 1 aliphatic rings. The molecular formula is C13H22N6O2. The molecule has 0 aliphatic heterocycles. The molecule has 21 heavy (non-hydrogen) atoms. The van der Waals surface area contributed by atoms with Crippen molar-refractivity contribution in [3.8, 4) is 0 Å². The van der Waals surface area contributed by atoms with Gasteiger partial charge < -0.3 is 16.0 Å². The average molecular weight is 294 g/mol. The Morgan fingerprint density at radius 1 is 1.48 bits per heavy atom. The highest BCUT2D eigenvalue weighted by atomic mass is 16.6. The average Bonchev–Trinajstić information content (AvgIpc) is 2.84. The van der Waals surface area contributed by atoms with Crippen molar-refractivity contribution in [1.29, 1.82) is 0 Å². The maximum absolute atomic E-state index is 10.7. The molecule has 1 aromatic heterocycles. The molecule has 0 spiro atoms. The van der Waals surface area contributed by atoms with Crippen molar-refractivity contribution >= 4 is 17.5 Å². The normalized spacial score (nSPS) is 17.1. The first kappa shape index (κ1) is 15.4. The van der Waals surface area contributed by atoms with Gasteiger partial charge in [0.05, 0.1) is 4.92 Å². The summed E-state index contributed by atoms with van der Waals surface area (Å²) in [5, 5.41) is 13.9. The Balaban J connectivity index is 2.04. The van der Waals surface area contributed by atoms with Crippen LogP contribution in [0.15, 0.2) is 6.20 Å². The first-order valence-corrected chi connectivity index (χ1v) is 7.07. The smallest absolute Gasteiger partial charge is 0.329 e. The minimum Gasteiger partial charge on any atom is -0.378 e. The third-order valence-electron chi connectivity index (χ3n) is 3.93. The summed E-state index contributed by atoms with van der Waals surface area (Å²) in [7, 11) is 4.14. The molecule has 1 aromatic rings. The molecule has 116 valence electrons. The number of aromatic nitrogens is 2. The van der Waals surface area contributed by atoms with Gasteiger partial charge in [-0.3, -0.25) is 10.1 Å². The lowest BCUT2D eigenvalue weighted by Crippen LogP contribution is -2.37. The van der Waals surface area contributed by atoms with Crippen LogP contribution < -0.4 is 11.1 Å². The molecule has 1 aliphatic carbocycles. The Kier molecular flexibility index (Phi) is 4.56. The largest absolute Gasteiger partial charge is 0.378 e. The third kappa shape index (κ3) is 3.78. The van der Waals surface area contributed by atoms with Crippen molar-refractivity contribution in [3.63, 3.8) is 0 Å². The topological polar surface area (TPSA) is 110 Å². The van der Waals surface area contributed by atoms with Gasteiger partial charge in [-0.25, -0.2) is 4.98 Å². The van der Waals surface area contributed by atoms with Crippen LogP contribution in [0.3, 0.4) is 0 Å². The summed E-state index contributed by atoms with van der Waals surface area (Å²) in [6.45, 7) is 1.75. The Morgan fingerprint density at radius 3 is 2.67 bits per heavy atom. The maximum Gasteiger partial charge on any atom is 0.329 e. The molecule has 0 amide bonds. The Hall–Kier alpha value is -1.96. The van der Waals surface area contributed by atoms with E-state index in [0.29, 0.717) is 5.95 Å². The van der Waals surface area contributed by atoms with Gasteiger partial charge in [-0.1, -0.05) is 12.8 Å². The van der Waals surface area contributed by atoms with E-state index in [1.807, 2.05) is 0 Å². The fourth-order valence-electron chi connectivity index (χ4n) is 3.07. The van der Waals surface area contributed by atoms with E-state index in [1.54, 1.807) is 0 Å². The minimum absolute atomic E-state index is 0.106. The van der Waals surface area contributed by atoms with Gasteiger partial charge in [-0.15, -0.1) is 0 Å². The molecule has 8 nitrogen and oxygen atoms in total. The molecule has 1 heterocycles. The number of nitrogens with two attached hydrogens (primary N) is 1. The number of hydrogen-bond acceptors (Lipinski definition) is 7. The summed E-state index contributed by atoms with van der Waals surface area (Å²) in [4.78, 5) is 20.2. The zero-order valence-electron chi connectivity index (χ0n) is 12.5. The number of nitrogens with zero attached hydrogens (tertiary/aromatic N) is 4. The van der Waals surface area contributed by atoms with Crippen LogP contribution in [-0.4, -0.2) is 47.0 Å². The number of nitro groups is 1. The van der Waals surface area contributed by atoms with Crippen LogP contribution in [0.2, 0.25) is 0 Å². The second kappa shape index (κ2) is 6.21. The molecule has 0 radical (unpaired) electrons. The predicted octanol–water partition coefficient (Wildman–Crippen LogP) is 1.50. The molecule has 3 N–H and O–H groups in total. The number of anilines is 2. The zero-order chi connectivity index (χ0) is 15.5. The second-order valence-electron chi connectivity index (χ2n) is 6.02. The molecule has 8 heteroatoms. The van der Waals surface area contributed by atoms with Crippen molar-refractivity contribution in [2.24, 2.45) is 5.41 Å². The lowest BCUT2D eigenvalue weighted by molar-refractivity contribution is -0.384. The van der Waals surface area contributed by atoms with Gasteiger partial charge >= 0.3 is 5.69 Å². The predicted molar refractivity (Wildman–Crippen MR) is 81.0 cm³/mol. The molecule has 0 saturated heterocycles. The van der Waals surface area contributed by atoms with Crippen molar-refractivity contribution in [2.45, 2.75) is 25.7 Å². The quantitative estimate of drug-likeness (QED) is 0.604. The summed E-state index contributed by atoms with van der Waals surface area (Å²) in [5.41, 5.74) is 5.53. The van der Waals surface area contributed by atoms with E-state index >= 15 is 0 Å². The lowest BCUT2D eigenvalue weighted by atomic mass is 9.85. The van der Waals surface area contributed by atoms with Crippen LogP contribution >= 0.6 is 0 Å². The summed E-state index contributed by atoms with van der Waals surface area (Å²) >= 11 is 0. The molecule has 0 aromatic carbocycles. The molecule has 2 rings (SSSR count). The zero-order valence-corrected chi connectivity index (χ0v) is 12.5. The molecule has 1 saturated carbocycles. The third-order valence-corrected chi connectivity index (χ3v) is 3.93. The summed E-state index contributed by atoms with van der Waals surface area (Å²) in [6, 6.07) is 0. The van der Waals surface area contributed by atoms with E-state index in [-0.39, 0.29) is 16.9 Å². The molecule has 1 fully saturated rings. The van der Waals surface area contributed by atoms with Crippen molar-refractivity contribution in [2.75, 3.05) is 38.2 Å². The SMILES string of the molecule is CN(C)CC1(CNc2ncc([N+](=O)[O-])c(N)n2)CCCC1. The molecular weight excluding hydrogens is 272 g/mol. The highest BCUT2D eigenvalue weighted by Gasteiger charge is 2.34. The number of nitrogens with one attached hydrogen (secondary N) is 1. The van der Waals surface area contributed by atoms with Crippen LogP contribution in [0.5, 0.6) is 0 Å². The fraction of sp³-hybridized carbons (Fsp3) is 0.692. The molecule has 0 unspecified atom stereocenters. The summed E-state index contributed by atoms with van der Waals surface area (Å²) in [5.74, 6) is 0.244. The van der Waals surface area contributed by atoms with Crippen LogP contribution in [0.4, 0.5) is 17.5 Å². The van der Waals surface area contributed by atoms with Crippen molar-refractivity contribution in [1.82, 2.24) is 14.9 Å². The standard InChI is InChI=1S/C13H22N6O2/c1-18(2)9-13(5-3-4-6-13)8-16-12-15-7-10(19(20)21)11(14)17-12/h7H,3-6,8-9H2,1-2H3,(H3,14,15,16,17). The van der Waals surface area contributed by atoms with Gasteiger partial charge in [-0.2, -0.15) is 4.98 Å². The van der Waals surface area contributed by atoms with E-state index in [1.165, 1.54) is 25.7 Å². The number of rotatable bonds is 6. The van der Waals surface area contributed by atoms with Crippen LogP contribution in [0.25, 0.3) is 0 Å². The highest BCUT2D eigenvalue weighted by molar-refractivity contribution is 5.53. The second-order valence-corrected chi connectivity index (χ2v) is 6.02. The summed E-state index contributed by atoms with van der Waals surface area (Å²) < 4.78 is 0. The van der Waals surface area contributed by atoms with E-state index in [0.717, 1.165) is 19.3 Å². The van der Waals surface area contributed by atoms with E-state index in [4.69, 9.17) is 5.73 Å². The Bertz CT molecular complexity index is 513. The molecule has 0 bridgehead atoms. The Labute approximate surface area is 123 Å². The van der Waals surface area contributed by atoms with Gasteiger partial charge in [0.15, 0.2) is 0 Å². The van der Waals surface area contributed by atoms with E-state index < -0.39 is 4.92 Å². The van der Waals surface area contributed by atoms with Gasteiger partial charge in [-0.05, 0) is 26.9 Å². The van der Waals surface area contributed by atoms with Gasteiger partial charge in [0, 0.05) is 18.5 Å². The minimum atomic E-state index is -0.580. The van der Waals surface area contributed by atoms with Crippen molar-refractivity contribution < 1.29 is 4.92 Å².